The van der Waals surface area contributed by atoms with Crippen LogP contribution in [0.5, 0.6) is 0 Å². The van der Waals surface area contributed by atoms with E-state index in [0.29, 0.717) is 0 Å². The second-order valence-electron chi connectivity index (χ2n) is 5.42. The lowest BCUT2D eigenvalue weighted by Gasteiger charge is -2.17. The minimum Gasteiger partial charge on any atom is -0.331 e. The SMILES string of the molecule is CCc1ccc2nc(C(C)(C)C)n(C)c2c1. The monoisotopic (exact) mass is 216 g/mol. The molecule has 2 aromatic rings. The summed E-state index contributed by atoms with van der Waals surface area (Å²) in [4.78, 5) is 4.72. The summed E-state index contributed by atoms with van der Waals surface area (Å²) < 4.78 is 2.22. The van der Waals surface area contributed by atoms with Crippen LogP contribution in [-0.2, 0) is 18.9 Å². The normalized spacial score (nSPS) is 12.3. The van der Waals surface area contributed by atoms with E-state index in [-0.39, 0.29) is 5.41 Å². The molecule has 2 heteroatoms. The van der Waals surface area contributed by atoms with E-state index in [9.17, 15) is 0 Å². The highest BCUT2D eigenvalue weighted by Crippen LogP contribution is 2.25. The van der Waals surface area contributed by atoms with Gasteiger partial charge in [-0.15, -0.1) is 0 Å². The molecule has 86 valence electrons. The molecule has 16 heavy (non-hydrogen) atoms. The fraction of sp³-hybridized carbons (Fsp3) is 0.500. The van der Waals surface area contributed by atoms with Gasteiger partial charge in [0.2, 0.25) is 0 Å². The molecule has 0 saturated carbocycles. The number of hydrogen-bond acceptors (Lipinski definition) is 1. The van der Waals surface area contributed by atoms with E-state index in [2.05, 4.69) is 57.5 Å². The van der Waals surface area contributed by atoms with Crippen molar-refractivity contribution in [2.45, 2.75) is 39.5 Å². The first-order valence-electron chi connectivity index (χ1n) is 5.89. The van der Waals surface area contributed by atoms with Gasteiger partial charge in [-0.3, -0.25) is 0 Å². The van der Waals surface area contributed by atoms with Crippen LogP contribution in [0, 0.1) is 0 Å². The first-order valence-corrected chi connectivity index (χ1v) is 5.89. The van der Waals surface area contributed by atoms with Crippen LogP contribution < -0.4 is 0 Å². The van der Waals surface area contributed by atoms with Gasteiger partial charge in [0.1, 0.15) is 5.82 Å². The summed E-state index contributed by atoms with van der Waals surface area (Å²) in [6.07, 6.45) is 1.08. The zero-order valence-corrected chi connectivity index (χ0v) is 10.8. The first kappa shape index (κ1) is 11.2. The number of benzene rings is 1. The van der Waals surface area contributed by atoms with Crippen LogP contribution in [-0.4, -0.2) is 9.55 Å². The van der Waals surface area contributed by atoms with Crippen molar-refractivity contribution < 1.29 is 0 Å². The molecule has 0 atom stereocenters. The Kier molecular flexibility index (Phi) is 2.53. The standard InChI is InChI=1S/C14H20N2/c1-6-10-7-8-11-12(9-10)16(5)13(15-11)14(2,3)4/h7-9H,6H2,1-5H3. The molecule has 0 bridgehead atoms. The van der Waals surface area contributed by atoms with Crippen molar-refractivity contribution in [1.29, 1.82) is 0 Å². The van der Waals surface area contributed by atoms with Gasteiger partial charge in [0.15, 0.2) is 0 Å². The molecule has 2 nitrogen and oxygen atoms in total. The lowest BCUT2D eigenvalue weighted by molar-refractivity contribution is 0.526. The lowest BCUT2D eigenvalue weighted by Crippen LogP contribution is -2.17. The molecule has 0 aliphatic carbocycles. The summed E-state index contributed by atoms with van der Waals surface area (Å²) >= 11 is 0. The molecule has 0 aliphatic rings. The van der Waals surface area contributed by atoms with E-state index < -0.39 is 0 Å². The second-order valence-corrected chi connectivity index (χ2v) is 5.42. The van der Waals surface area contributed by atoms with E-state index in [1.165, 1.54) is 11.1 Å². The molecule has 0 saturated heterocycles. The number of imidazole rings is 1. The lowest BCUT2D eigenvalue weighted by atomic mass is 9.96. The van der Waals surface area contributed by atoms with Gasteiger partial charge in [-0.25, -0.2) is 4.98 Å². The topological polar surface area (TPSA) is 17.8 Å². The number of hydrogen-bond donors (Lipinski definition) is 0. The fourth-order valence-corrected chi connectivity index (χ4v) is 2.13. The Labute approximate surface area is 97.3 Å². The van der Waals surface area contributed by atoms with E-state index in [0.717, 1.165) is 17.8 Å². The zero-order chi connectivity index (χ0) is 11.9. The fourth-order valence-electron chi connectivity index (χ4n) is 2.13. The molecule has 2 rings (SSSR count). The van der Waals surface area contributed by atoms with Gasteiger partial charge in [0.05, 0.1) is 11.0 Å². The van der Waals surface area contributed by atoms with Crippen LogP contribution in [0.3, 0.4) is 0 Å². The quantitative estimate of drug-likeness (QED) is 0.714. The van der Waals surface area contributed by atoms with Crippen molar-refractivity contribution in [3.8, 4) is 0 Å². The number of rotatable bonds is 1. The molecule has 0 aliphatic heterocycles. The van der Waals surface area contributed by atoms with Crippen molar-refractivity contribution in [2.75, 3.05) is 0 Å². The van der Waals surface area contributed by atoms with Gasteiger partial charge >= 0.3 is 0 Å². The summed E-state index contributed by atoms with van der Waals surface area (Å²) in [5.74, 6) is 1.15. The van der Waals surface area contributed by atoms with Crippen LogP contribution in [0.25, 0.3) is 11.0 Å². The molecule has 0 fully saturated rings. The van der Waals surface area contributed by atoms with Gasteiger partial charge < -0.3 is 4.57 Å². The Morgan fingerprint density at radius 2 is 1.94 bits per heavy atom. The van der Waals surface area contributed by atoms with E-state index in [4.69, 9.17) is 4.98 Å². The van der Waals surface area contributed by atoms with Gasteiger partial charge in [-0.1, -0.05) is 33.8 Å². The second kappa shape index (κ2) is 3.62. The molecule has 1 heterocycles. The maximum Gasteiger partial charge on any atom is 0.115 e. The summed E-state index contributed by atoms with van der Waals surface area (Å²) in [7, 11) is 2.11. The Bertz CT molecular complexity index is 515. The minimum atomic E-state index is 0.0974. The molecule has 1 aromatic carbocycles. The third-order valence-electron chi connectivity index (χ3n) is 3.02. The van der Waals surface area contributed by atoms with E-state index >= 15 is 0 Å². The number of aryl methyl sites for hydroxylation is 2. The van der Waals surface area contributed by atoms with Gasteiger partial charge in [0, 0.05) is 12.5 Å². The summed E-state index contributed by atoms with van der Waals surface area (Å²) in [5.41, 5.74) is 3.81. The third kappa shape index (κ3) is 1.73. The molecule has 0 spiro atoms. The highest BCUT2D eigenvalue weighted by atomic mass is 15.1. The smallest absolute Gasteiger partial charge is 0.115 e. The average molecular weight is 216 g/mol. The zero-order valence-electron chi connectivity index (χ0n) is 10.8. The summed E-state index contributed by atoms with van der Waals surface area (Å²) in [5, 5.41) is 0. The maximum atomic E-state index is 4.72. The summed E-state index contributed by atoms with van der Waals surface area (Å²) in [6, 6.07) is 6.54. The van der Waals surface area contributed by atoms with Crippen molar-refractivity contribution >= 4 is 11.0 Å². The number of fused-ring (bicyclic) bond motifs is 1. The Morgan fingerprint density at radius 3 is 2.50 bits per heavy atom. The first-order chi connectivity index (χ1) is 7.43. The van der Waals surface area contributed by atoms with Gasteiger partial charge in [0.25, 0.3) is 0 Å². The Hall–Kier alpha value is -1.31. The maximum absolute atomic E-state index is 4.72. The van der Waals surface area contributed by atoms with Crippen LogP contribution in [0.15, 0.2) is 18.2 Å². The van der Waals surface area contributed by atoms with Crippen molar-refractivity contribution in [2.24, 2.45) is 7.05 Å². The number of nitrogens with zero attached hydrogens (tertiary/aromatic N) is 2. The Balaban J connectivity index is 2.69. The molecule has 0 amide bonds. The predicted molar refractivity (Wildman–Crippen MR) is 68.8 cm³/mol. The largest absolute Gasteiger partial charge is 0.331 e. The van der Waals surface area contributed by atoms with E-state index in [1.54, 1.807) is 0 Å². The minimum absolute atomic E-state index is 0.0974. The van der Waals surface area contributed by atoms with Gasteiger partial charge in [-0.05, 0) is 24.1 Å². The molecule has 1 aromatic heterocycles. The van der Waals surface area contributed by atoms with Crippen molar-refractivity contribution in [1.82, 2.24) is 9.55 Å². The molecule has 0 N–H and O–H groups in total. The molecular weight excluding hydrogens is 196 g/mol. The van der Waals surface area contributed by atoms with E-state index in [1.807, 2.05) is 0 Å². The highest BCUT2D eigenvalue weighted by Gasteiger charge is 2.20. The summed E-state index contributed by atoms with van der Waals surface area (Å²) in [6.45, 7) is 8.79. The molecule has 0 radical (unpaired) electrons. The third-order valence-corrected chi connectivity index (χ3v) is 3.02. The molecule has 0 unspecified atom stereocenters. The molecular formula is C14H20N2. The average Bonchev–Trinajstić information content (AvgIpc) is 2.55. The van der Waals surface area contributed by atoms with Crippen LogP contribution in [0.4, 0.5) is 0 Å². The van der Waals surface area contributed by atoms with Crippen LogP contribution in [0.1, 0.15) is 39.1 Å². The highest BCUT2D eigenvalue weighted by molar-refractivity contribution is 5.77. The number of aromatic nitrogens is 2. The van der Waals surface area contributed by atoms with Crippen molar-refractivity contribution in [3.05, 3.63) is 29.6 Å². The predicted octanol–water partition coefficient (Wildman–Crippen LogP) is 3.43. The Morgan fingerprint density at radius 1 is 1.25 bits per heavy atom. The van der Waals surface area contributed by atoms with Crippen LogP contribution >= 0.6 is 0 Å². The van der Waals surface area contributed by atoms with Crippen molar-refractivity contribution in [3.63, 3.8) is 0 Å². The van der Waals surface area contributed by atoms with Gasteiger partial charge in [-0.2, -0.15) is 0 Å². The van der Waals surface area contributed by atoms with Crippen LogP contribution in [0.2, 0.25) is 0 Å².